The Bertz CT molecular complexity index is 967. The summed E-state index contributed by atoms with van der Waals surface area (Å²) >= 11 is 0. The monoisotopic (exact) mass is 427 g/mol. The molecule has 5 nitrogen and oxygen atoms in total. The second-order valence-corrected chi connectivity index (χ2v) is 8.32. The van der Waals surface area contributed by atoms with Gasteiger partial charge < -0.3 is 15.5 Å². The highest BCUT2D eigenvalue weighted by atomic mass is 19.1. The summed E-state index contributed by atoms with van der Waals surface area (Å²) in [5, 5.41) is 5.70. The summed E-state index contributed by atoms with van der Waals surface area (Å²) < 4.78 is 27.0. The van der Waals surface area contributed by atoms with E-state index in [9.17, 15) is 18.4 Å². The van der Waals surface area contributed by atoms with Crippen LogP contribution in [0.25, 0.3) is 0 Å². The molecule has 2 aliphatic rings. The van der Waals surface area contributed by atoms with Gasteiger partial charge in [-0.1, -0.05) is 18.9 Å². The van der Waals surface area contributed by atoms with Crippen LogP contribution in [-0.2, 0) is 11.3 Å². The van der Waals surface area contributed by atoms with Crippen molar-refractivity contribution < 1.29 is 18.4 Å². The van der Waals surface area contributed by atoms with Crippen LogP contribution in [0.5, 0.6) is 0 Å². The third-order valence-corrected chi connectivity index (χ3v) is 5.86. The third-order valence-electron chi connectivity index (χ3n) is 5.86. The number of benzene rings is 2. The number of carbonyl (C=O) groups excluding carboxylic acids is 2. The van der Waals surface area contributed by atoms with Crippen molar-refractivity contribution in [2.45, 2.75) is 45.1 Å². The second-order valence-electron chi connectivity index (χ2n) is 8.32. The minimum absolute atomic E-state index is 0.0193. The number of hydrogen-bond acceptors (Lipinski definition) is 3. The van der Waals surface area contributed by atoms with Gasteiger partial charge >= 0.3 is 0 Å². The van der Waals surface area contributed by atoms with Crippen molar-refractivity contribution in [1.29, 1.82) is 0 Å². The van der Waals surface area contributed by atoms with Crippen LogP contribution in [0.4, 0.5) is 20.2 Å². The van der Waals surface area contributed by atoms with E-state index in [2.05, 4.69) is 15.5 Å². The summed E-state index contributed by atoms with van der Waals surface area (Å²) in [4.78, 5) is 27.3. The van der Waals surface area contributed by atoms with Crippen LogP contribution in [0.3, 0.4) is 0 Å². The fourth-order valence-electron chi connectivity index (χ4n) is 3.90. The number of rotatable bonds is 6. The van der Waals surface area contributed by atoms with Gasteiger partial charge in [0.25, 0.3) is 5.91 Å². The van der Waals surface area contributed by atoms with E-state index in [1.54, 1.807) is 12.1 Å². The average molecular weight is 427 g/mol. The van der Waals surface area contributed by atoms with Gasteiger partial charge in [0.05, 0.1) is 11.3 Å². The zero-order chi connectivity index (χ0) is 21.8. The number of nitrogens with one attached hydrogen (secondary N) is 2. The molecule has 164 valence electrons. The Balaban J connectivity index is 1.55. The maximum Gasteiger partial charge on any atom is 0.253 e. The smallest absolute Gasteiger partial charge is 0.253 e. The first-order valence-electron chi connectivity index (χ1n) is 10.9. The Morgan fingerprint density at radius 2 is 1.71 bits per heavy atom. The summed E-state index contributed by atoms with van der Waals surface area (Å²) in [6.07, 6.45) is 6.23. The van der Waals surface area contributed by atoms with E-state index in [4.69, 9.17) is 0 Å². The van der Waals surface area contributed by atoms with Crippen LogP contribution in [-0.4, -0.2) is 24.9 Å². The molecule has 1 saturated carbocycles. The van der Waals surface area contributed by atoms with Crippen LogP contribution in [0.2, 0.25) is 0 Å². The van der Waals surface area contributed by atoms with Crippen LogP contribution >= 0.6 is 0 Å². The van der Waals surface area contributed by atoms with Crippen molar-refractivity contribution in [3.05, 3.63) is 59.2 Å². The fraction of sp³-hybridized carbons (Fsp3) is 0.417. The van der Waals surface area contributed by atoms with Crippen LogP contribution in [0.15, 0.2) is 36.4 Å². The maximum atomic E-state index is 13.9. The Morgan fingerprint density at radius 1 is 0.968 bits per heavy atom. The first-order valence-corrected chi connectivity index (χ1v) is 10.9. The summed E-state index contributed by atoms with van der Waals surface area (Å²) in [5.41, 5.74) is 2.15. The van der Waals surface area contributed by atoms with Gasteiger partial charge in [0.1, 0.15) is 11.6 Å². The standard InChI is InChI=1S/C24H27F2N3O2/c25-18-8-7-17(21(26)13-18)15-27-24(31)20-10-9-19(28-23(30)16-5-6-16)14-22(20)29-11-3-1-2-4-12-29/h7-10,13-14,16H,1-6,11-12,15H2,(H,27,31)(H,28,30). The lowest BCUT2D eigenvalue weighted by atomic mass is 10.1. The molecule has 1 aliphatic carbocycles. The van der Waals surface area contributed by atoms with E-state index in [1.165, 1.54) is 12.1 Å². The highest BCUT2D eigenvalue weighted by molar-refractivity contribution is 6.02. The molecule has 2 fully saturated rings. The zero-order valence-corrected chi connectivity index (χ0v) is 17.4. The van der Waals surface area contributed by atoms with Gasteiger partial charge in [-0.25, -0.2) is 8.78 Å². The molecule has 0 unspecified atom stereocenters. The molecule has 1 aliphatic heterocycles. The zero-order valence-electron chi connectivity index (χ0n) is 17.4. The highest BCUT2D eigenvalue weighted by Gasteiger charge is 2.30. The molecule has 0 aromatic heterocycles. The fourth-order valence-corrected chi connectivity index (χ4v) is 3.90. The van der Waals surface area contributed by atoms with E-state index in [0.717, 1.165) is 63.4 Å². The SMILES string of the molecule is O=C(NCc1ccc(F)cc1F)c1ccc(NC(=O)C2CC2)cc1N1CCCCCC1. The van der Waals surface area contributed by atoms with Gasteiger partial charge in [0.15, 0.2) is 0 Å². The van der Waals surface area contributed by atoms with Crippen LogP contribution in [0.1, 0.15) is 54.4 Å². The Labute approximate surface area is 180 Å². The Kier molecular flexibility index (Phi) is 6.49. The Hall–Kier alpha value is -2.96. The van der Waals surface area contributed by atoms with Gasteiger partial charge in [-0.3, -0.25) is 9.59 Å². The lowest BCUT2D eigenvalue weighted by Crippen LogP contribution is -2.30. The molecule has 2 N–H and O–H groups in total. The molecule has 1 saturated heterocycles. The van der Waals surface area contributed by atoms with Crippen LogP contribution < -0.4 is 15.5 Å². The normalized spacial score (nSPS) is 16.5. The lowest BCUT2D eigenvalue weighted by Gasteiger charge is -2.26. The first kappa shape index (κ1) is 21.3. The van der Waals surface area contributed by atoms with Gasteiger partial charge in [-0.15, -0.1) is 0 Å². The minimum Gasteiger partial charge on any atom is -0.371 e. The average Bonchev–Trinajstić information content (AvgIpc) is 3.60. The largest absolute Gasteiger partial charge is 0.371 e. The number of halogens is 2. The van der Waals surface area contributed by atoms with Gasteiger partial charge in [-0.05, 0) is 49.9 Å². The first-order chi connectivity index (χ1) is 15.0. The van der Waals surface area contributed by atoms with E-state index in [-0.39, 0.29) is 29.8 Å². The van der Waals surface area contributed by atoms with Crippen molar-refractivity contribution in [1.82, 2.24) is 5.32 Å². The molecule has 7 heteroatoms. The summed E-state index contributed by atoms with van der Waals surface area (Å²) in [7, 11) is 0. The summed E-state index contributed by atoms with van der Waals surface area (Å²) in [5.74, 6) is -1.56. The van der Waals surface area contributed by atoms with E-state index >= 15 is 0 Å². The molecule has 4 rings (SSSR count). The topological polar surface area (TPSA) is 61.4 Å². The van der Waals surface area contributed by atoms with Crippen LogP contribution in [0, 0.1) is 17.6 Å². The van der Waals surface area contributed by atoms with E-state index in [0.29, 0.717) is 11.3 Å². The van der Waals surface area contributed by atoms with E-state index < -0.39 is 11.6 Å². The predicted molar refractivity (Wildman–Crippen MR) is 116 cm³/mol. The number of nitrogens with zero attached hydrogens (tertiary/aromatic N) is 1. The van der Waals surface area contributed by atoms with Gasteiger partial charge in [0, 0.05) is 42.9 Å². The molecule has 2 aromatic carbocycles. The number of carbonyl (C=O) groups is 2. The summed E-state index contributed by atoms with van der Waals surface area (Å²) in [6.45, 7) is 1.64. The third kappa shape index (κ3) is 5.40. The number of amides is 2. The molecule has 0 spiro atoms. The molecule has 0 atom stereocenters. The number of hydrogen-bond donors (Lipinski definition) is 2. The molecule has 0 bridgehead atoms. The summed E-state index contributed by atoms with van der Waals surface area (Å²) in [6, 6.07) is 8.61. The molecule has 2 aromatic rings. The predicted octanol–water partition coefficient (Wildman–Crippen LogP) is 4.62. The molecular formula is C24H27F2N3O2. The molecule has 1 heterocycles. The molecule has 0 radical (unpaired) electrons. The second kappa shape index (κ2) is 9.45. The Morgan fingerprint density at radius 3 is 2.39 bits per heavy atom. The maximum absolute atomic E-state index is 13.9. The quantitative estimate of drug-likeness (QED) is 0.707. The van der Waals surface area contributed by atoms with Crippen molar-refractivity contribution in [3.63, 3.8) is 0 Å². The highest BCUT2D eigenvalue weighted by Crippen LogP contribution is 2.32. The lowest BCUT2D eigenvalue weighted by molar-refractivity contribution is -0.117. The molecule has 2 amide bonds. The van der Waals surface area contributed by atoms with Crippen molar-refractivity contribution in [2.24, 2.45) is 5.92 Å². The minimum atomic E-state index is -0.689. The van der Waals surface area contributed by atoms with E-state index in [1.807, 2.05) is 6.07 Å². The van der Waals surface area contributed by atoms with Crippen molar-refractivity contribution in [3.8, 4) is 0 Å². The molecular weight excluding hydrogens is 400 g/mol. The molecule has 31 heavy (non-hydrogen) atoms. The van der Waals surface area contributed by atoms with Gasteiger partial charge in [0.2, 0.25) is 5.91 Å². The van der Waals surface area contributed by atoms with Crippen molar-refractivity contribution in [2.75, 3.05) is 23.3 Å². The number of anilines is 2. The van der Waals surface area contributed by atoms with Gasteiger partial charge in [-0.2, -0.15) is 0 Å². The van der Waals surface area contributed by atoms with Crippen molar-refractivity contribution >= 4 is 23.2 Å².